The van der Waals surface area contributed by atoms with Crippen LogP contribution in [0.2, 0.25) is 0 Å². The summed E-state index contributed by atoms with van der Waals surface area (Å²) in [6.45, 7) is 2.75. The number of nitrogen functional groups attached to an aromatic ring is 1. The second kappa shape index (κ2) is 6.29. The van der Waals surface area contributed by atoms with Gasteiger partial charge in [-0.15, -0.1) is 0 Å². The van der Waals surface area contributed by atoms with Crippen LogP contribution in [-0.4, -0.2) is 42.3 Å². The highest BCUT2D eigenvalue weighted by Crippen LogP contribution is 2.17. The zero-order valence-corrected chi connectivity index (χ0v) is 11.0. The molecule has 17 heavy (non-hydrogen) atoms. The van der Waals surface area contributed by atoms with Gasteiger partial charge in [-0.1, -0.05) is 11.8 Å². The molecule has 0 spiro atoms. The van der Waals surface area contributed by atoms with E-state index in [-0.39, 0.29) is 12.5 Å². The maximum absolute atomic E-state index is 11.4. The molecule has 0 atom stereocenters. The first-order chi connectivity index (χ1) is 8.06. The molecule has 6 nitrogen and oxygen atoms in total. The lowest BCUT2D eigenvalue weighted by Gasteiger charge is -2.18. The number of thioether (sulfide) groups is 1. The maximum atomic E-state index is 11.4. The van der Waals surface area contributed by atoms with Crippen molar-refractivity contribution in [2.24, 2.45) is 0 Å². The lowest BCUT2D eigenvalue weighted by molar-refractivity contribution is -0.119. The minimum atomic E-state index is -0.0436. The molecule has 0 saturated carbocycles. The Bertz CT molecular complexity index is 398. The monoisotopic (exact) mass is 255 g/mol. The molecule has 0 aliphatic carbocycles. The summed E-state index contributed by atoms with van der Waals surface area (Å²) in [5, 5.41) is 3.33. The minimum Gasteiger partial charge on any atom is -0.383 e. The van der Waals surface area contributed by atoms with Gasteiger partial charge in [0.05, 0.1) is 6.54 Å². The molecule has 0 fully saturated rings. The van der Waals surface area contributed by atoms with Gasteiger partial charge in [0.2, 0.25) is 5.91 Å². The third-order valence-corrected chi connectivity index (χ3v) is 2.59. The first-order valence-electron chi connectivity index (χ1n) is 5.23. The van der Waals surface area contributed by atoms with Crippen LogP contribution in [0.5, 0.6) is 0 Å². The van der Waals surface area contributed by atoms with Crippen molar-refractivity contribution in [2.75, 3.05) is 37.0 Å². The summed E-state index contributed by atoms with van der Waals surface area (Å²) in [4.78, 5) is 21.5. The normalized spacial score (nSPS) is 10.1. The third kappa shape index (κ3) is 4.10. The van der Waals surface area contributed by atoms with Crippen LogP contribution in [0, 0.1) is 0 Å². The number of rotatable bonds is 5. The molecule has 1 aromatic heterocycles. The SMILES string of the molecule is CCNC(=O)CN(C)c1cc(N)nc(SC)n1. The molecule has 1 rings (SSSR count). The van der Waals surface area contributed by atoms with Crippen LogP contribution in [0.3, 0.4) is 0 Å². The van der Waals surface area contributed by atoms with Crippen LogP contribution in [0.25, 0.3) is 0 Å². The lowest BCUT2D eigenvalue weighted by Crippen LogP contribution is -2.35. The predicted molar refractivity (Wildman–Crippen MR) is 70.2 cm³/mol. The number of hydrogen-bond acceptors (Lipinski definition) is 6. The number of amides is 1. The summed E-state index contributed by atoms with van der Waals surface area (Å²) in [5.41, 5.74) is 5.67. The van der Waals surface area contributed by atoms with Gasteiger partial charge in [-0.25, -0.2) is 9.97 Å². The van der Waals surface area contributed by atoms with Crippen LogP contribution in [0.15, 0.2) is 11.2 Å². The Morgan fingerprint density at radius 1 is 1.59 bits per heavy atom. The van der Waals surface area contributed by atoms with E-state index in [0.29, 0.717) is 23.3 Å². The van der Waals surface area contributed by atoms with Crippen molar-refractivity contribution in [3.05, 3.63) is 6.07 Å². The molecular weight excluding hydrogens is 238 g/mol. The third-order valence-electron chi connectivity index (χ3n) is 2.04. The van der Waals surface area contributed by atoms with Gasteiger partial charge in [0, 0.05) is 19.7 Å². The van der Waals surface area contributed by atoms with Crippen LogP contribution >= 0.6 is 11.8 Å². The van der Waals surface area contributed by atoms with E-state index in [4.69, 9.17) is 5.73 Å². The zero-order valence-electron chi connectivity index (χ0n) is 10.2. The van der Waals surface area contributed by atoms with Crippen molar-refractivity contribution in [3.8, 4) is 0 Å². The molecule has 1 aromatic rings. The Hall–Kier alpha value is -1.50. The van der Waals surface area contributed by atoms with Gasteiger partial charge >= 0.3 is 0 Å². The van der Waals surface area contributed by atoms with Gasteiger partial charge in [-0.2, -0.15) is 0 Å². The fourth-order valence-electron chi connectivity index (χ4n) is 1.27. The standard InChI is InChI=1S/C10H17N5OS/c1-4-12-9(16)6-15(2)8-5-7(11)13-10(14-8)17-3/h5H,4,6H2,1-3H3,(H,12,16)(H2,11,13,14). The number of carbonyl (C=O) groups excluding carboxylic acids is 1. The Morgan fingerprint density at radius 2 is 2.29 bits per heavy atom. The smallest absolute Gasteiger partial charge is 0.239 e. The molecule has 1 heterocycles. The summed E-state index contributed by atoms with van der Waals surface area (Å²) < 4.78 is 0. The van der Waals surface area contributed by atoms with Crippen molar-refractivity contribution in [2.45, 2.75) is 12.1 Å². The molecule has 0 bridgehead atoms. The van der Waals surface area contributed by atoms with E-state index >= 15 is 0 Å². The van der Waals surface area contributed by atoms with E-state index in [1.165, 1.54) is 11.8 Å². The minimum absolute atomic E-state index is 0.0436. The Kier molecular flexibility index (Phi) is 5.02. The van der Waals surface area contributed by atoms with Crippen LogP contribution < -0.4 is 16.0 Å². The number of nitrogens with zero attached hydrogens (tertiary/aromatic N) is 3. The number of nitrogens with two attached hydrogens (primary N) is 1. The van der Waals surface area contributed by atoms with E-state index in [0.717, 1.165) is 0 Å². The second-order valence-corrected chi connectivity index (χ2v) is 4.22. The fraction of sp³-hybridized carbons (Fsp3) is 0.500. The molecular formula is C10H17N5OS. The molecule has 0 aliphatic heterocycles. The number of aromatic nitrogens is 2. The fourth-order valence-corrected chi connectivity index (χ4v) is 1.65. The molecule has 1 amide bonds. The molecule has 7 heteroatoms. The summed E-state index contributed by atoms with van der Waals surface area (Å²) in [6, 6.07) is 1.65. The number of nitrogens with one attached hydrogen (secondary N) is 1. The quantitative estimate of drug-likeness (QED) is 0.583. The second-order valence-electron chi connectivity index (χ2n) is 3.45. The molecule has 0 aromatic carbocycles. The zero-order chi connectivity index (χ0) is 12.8. The van der Waals surface area contributed by atoms with Gasteiger partial charge in [0.25, 0.3) is 0 Å². The summed E-state index contributed by atoms with van der Waals surface area (Å²) in [7, 11) is 1.79. The van der Waals surface area contributed by atoms with E-state index in [2.05, 4.69) is 15.3 Å². The largest absolute Gasteiger partial charge is 0.383 e. The summed E-state index contributed by atoms with van der Waals surface area (Å²) in [5.74, 6) is 1.01. The Morgan fingerprint density at radius 3 is 2.88 bits per heavy atom. The number of carbonyl (C=O) groups is 1. The van der Waals surface area contributed by atoms with Crippen LogP contribution in [0.4, 0.5) is 11.6 Å². The number of hydrogen-bond donors (Lipinski definition) is 2. The topological polar surface area (TPSA) is 84.1 Å². The number of likely N-dealkylation sites (N-methyl/N-ethyl adjacent to an activating group) is 2. The molecule has 94 valence electrons. The van der Waals surface area contributed by atoms with Crippen molar-refractivity contribution >= 4 is 29.3 Å². The van der Waals surface area contributed by atoms with Gasteiger partial charge < -0.3 is 16.0 Å². The van der Waals surface area contributed by atoms with Gasteiger partial charge in [-0.3, -0.25) is 4.79 Å². The van der Waals surface area contributed by atoms with Crippen molar-refractivity contribution in [3.63, 3.8) is 0 Å². The van der Waals surface area contributed by atoms with Gasteiger partial charge in [-0.05, 0) is 13.2 Å². The van der Waals surface area contributed by atoms with Crippen LogP contribution in [-0.2, 0) is 4.79 Å². The Balaban J connectivity index is 2.77. The molecule has 0 aliphatic rings. The molecule has 3 N–H and O–H groups in total. The van der Waals surface area contributed by atoms with E-state index in [1.807, 2.05) is 13.2 Å². The maximum Gasteiger partial charge on any atom is 0.239 e. The van der Waals surface area contributed by atoms with E-state index in [1.54, 1.807) is 18.0 Å². The van der Waals surface area contributed by atoms with E-state index in [9.17, 15) is 4.79 Å². The van der Waals surface area contributed by atoms with Crippen LogP contribution in [0.1, 0.15) is 6.92 Å². The molecule has 0 unspecified atom stereocenters. The molecule has 0 saturated heterocycles. The van der Waals surface area contributed by atoms with E-state index < -0.39 is 0 Å². The number of anilines is 2. The summed E-state index contributed by atoms with van der Waals surface area (Å²) >= 11 is 1.41. The van der Waals surface area contributed by atoms with Crippen molar-refractivity contribution < 1.29 is 4.79 Å². The predicted octanol–water partition coefficient (Wildman–Crippen LogP) is 0.353. The van der Waals surface area contributed by atoms with Crippen molar-refractivity contribution in [1.29, 1.82) is 0 Å². The average Bonchev–Trinajstić information content (AvgIpc) is 2.28. The summed E-state index contributed by atoms with van der Waals surface area (Å²) in [6.07, 6.45) is 1.88. The van der Waals surface area contributed by atoms with Gasteiger partial charge in [0.15, 0.2) is 5.16 Å². The molecule has 0 radical (unpaired) electrons. The lowest BCUT2D eigenvalue weighted by atomic mass is 10.4. The first-order valence-corrected chi connectivity index (χ1v) is 6.45. The van der Waals surface area contributed by atoms with Crippen molar-refractivity contribution in [1.82, 2.24) is 15.3 Å². The van der Waals surface area contributed by atoms with Gasteiger partial charge in [0.1, 0.15) is 11.6 Å². The Labute approximate surface area is 105 Å². The highest BCUT2D eigenvalue weighted by Gasteiger charge is 2.10. The highest BCUT2D eigenvalue weighted by molar-refractivity contribution is 7.98. The first kappa shape index (κ1) is 13.6. The highest BCUT2D eigenvalue weighted by atomic mass is 32.2. The average molecular weight is 255 g/mol.